The Morgan fingerprint density at radius 2 is 0.667 bits per heavy atom. The van der Waals surface area contributed by atoms with E-state index in [1.807, 2.05) is 0 Å². The average molecular weight is 643 g/mol. The van der Waals surface area contributed by atoms with E-state index < -0.39 is 35.7 Å². The number of hydrogen-bond donors (Lipinski definition) is 0. The molecule has 0 unspecified atom stereocenters. The van der Waals surface area contributed by atoms with Crippen molar-refractivity contribution in [1.29, 1.82) is 0 Å². The van der Waals surface area contributed by atoms with Crippen molar-refractivity contribution in [3.8, 4) is 46.0 Å². The minimum atomic E-state index is -0.644. The van der Waals surface area contributed by atoms with Crippen molar-refractivity contribution in [2.24, 2.45) is 0 Å². The normalized spacial score (nSPS) is 12.6. The van der Waals surface area contributed by atoms with E-state index in [1.165, 1.54) is 0 Å². The fourth-order valence-electron chi connectivity index (χ4n) is 5.62. The summed E-state index contributed by atoms with van der Waals surface area (Å²) in [6.07, 6.45) is 4.21. The van der Waals surface area contributed by atoms with Crippen LogP contribution in [0.1, 0.15) is 34.1 Å². The molecule has 0 spiro atoms. The first-order valence-corrected chi connectivity index (χ1v) is 14.5. The standard InChI is InChI=1S/C38H26O10/c1-5-33(39)43-21-9-13-25-29(17-21)47-30-18-22(44-34(40)6-2)10-14-26(30)37(25)38-27-15-11-23(45-35(41)7-3)19-31(27)48-32-20-24(12-16-28(32)38)46-36(42)8-4/h5-20,37-38H,1-4H2. The molecule has 0 saturated carbocycles. The molecular weight excluding hydrogens is 616 g/mol. The molecule has 2 aliphatic rings. The summed E-state index contributed by atoms with van der Waals surface area (Å²) in [5, 5.41) is 0. The van der Waals surface area contributed by atoms with E-state index in [2.05, 4.69) is 26.3 Å². The minimum Gasteiger partial charge on any atom is -0.456 e. The van der Waals surface area contributed by atoms with Crippen LogP contribution >= 0.6 is 0 Å². The van der Waals surface area contributed by atoms with Crippen molar-refractivity contribution in [2.45, 2.75) is 11.8 Å². The zero-order valence-electron chi connectivity index (χ0n) is 25.3. The second-order valence-corrected chi connectivity index (χ2v) is 10.5. The first-order valence-electron chi connectivity index (χ1n) is 14.5. The van der Waals surface area contributed by atoms with Gasteiger partial charge in [-0.05, 0) is 24.3 Å². The third-order valence-corrected chi connectivity index (χ3v) is 7.59. The summed E-state index contributed by atoms with van der Waals surface area (Å²) in [6.45, 7) is 13.8. The monoisotopic (exact) mass is 642 g/mol. The lowest BCUT2D eigenvalue weighted by molar-refractivity contribution is -0.129. The highest BCUT2D eigenvalue weighted by molar-refractivity contribution is 5.85. The Balaban J connectivity index is 1.55. The van der Waals surface area contributed by atoms with Crippen molar-refractivity contribution >= 4 is 23.9 Å². The number of carbonyl (C=O) groups excluding carboxylic acids is 4. The van der Waals surface area contributed by atoms with Crippen LogP contribution in [0.5, 0.6) is 46.0 Å². The Labute approximate surface area is 274 Å². The van der Waals surface area contributed by atoms with E-state index >= 15 is 0 Å². The zero-order valence-corrected chi connectivity index (χ0v) is 25.3. The van der Waals surface area contributed by atoms with Crippen LogP contribution in [0.4, 0.5) is 0 Å². The van der Waals surface area contributed by atoms with E-state index in [4.69, 9.17) is 28.4 Å². The Morgan fingerprint density at radius 1 is 0.438 bits per heavy atom. The molecule has 2 aliphatic heterocycles. The second kappa shape index (κ2) is 13.0. The van der Waals surface area contributed by atoms with Gasteiger partial charge in [-0.3, -0.25) is 0 Å². The summed E-state index contributed by atoms with van der Waals surface area (Å²) < 4.78 is 34.2. The van der Waals surface area contributed by atoms with E-state index in [0.717, 1.165) is 46.6 Å². The predicted molar refractivity (Wildman–Crippen MR) is 173 cm³/mol. The van der Waals surface area contributed by atoms with Gasteiger partial charge in [0.15, 0.2) is 0 Å². The van der Waals surface area contributed by atoms with E-state index in [-0.39, 0.29) is 23.0 Å². The van der Waals surface area contributed by atoms with Gasteiger partial charge in [-0.25, -0.2) is 19.2 Å². The number of esters is 4. The number of ether oxygens (including phenoxy) is 6. The third-order valence-electron chi connectivity index (χ3n) is 7.59. The molecule has 10 heteroatoms. The molecule has 6 rings (SSSR count). The fourth-order valence-corrected chi connectivity index (χ4v) is 5.62. The maximum Gasteiger partial charge on any atom is 0.335 e. The van der Waals surface area contributed by atoms with Gasteiger partial charge < -0.3 is 28.4 Å². The van der Waals surface area contributed by atoms with Gasteiger partial charge in [0.1, 0.15) is 46.0 Å². The third kappa shape index (κ3) is 6.10. The quantitative estimate of drug-likeness (QED) is 0.105. The highest BCUT2D eigenvalue weighted by Gasteiger charge is 2.41. The van der Waals surface area contributed by atoms with Crippen molar-refractivity contribution < 1.29 is 47.6 Å². The van der Waals surface area contributed by atoms with Crippen LogP contribution in [0.3, 0.4) is 0 Å². The van der Waals surface area contributed by atoms with Crippen molar-refractivity contribution in [1.82, 2.24) is 0 Å². The van der Waals surface area contributed by atoms with Crippen LogP contribution in [0.2, 0.25) is 0 Å². The number of hydrogen-bond acceptors (Lipinski definition) is 10. The average Bonchev–Trinajstić information content (AvgIpc) is 3.09. The Hall–Kier alpha value is -6.68. The van der Waals surface area contributed by atoms with Crippen LogP contribution in [-0.4, -0.2) is 23.9 Å². The molecule has 0 aliphatic carbocycles. The highest BCUT2D eigenvalue weighted by Crippen LogP contribution is 2.58. The summed E-state index contributed by atoms with van der Waals surface area (Å²) in [4.78, 5) is 48.0. The summed E-state index contributed by atoms with van der Waals surface area (Å²) in [5.74, 6) is -1.04. The number of rotatable bonds is 9. The number of benzene rings is 4. The van der Waals surface area contributed by atoms with Crippen molar-refractivity contribution in [3.63, 3.8) is 0 Å². The van der Waals surface area contributed by atoms with Gasteiger partial charge >= 0.3 is 23.9 Å². The molecule has 10 nitrogen and oxygen atoms in total. The SMILES string of the molecule is C=CC(=O)Oc1ccc2c(c1)Oc1cc(OC(=O)C=C)ccc1C2C1c2ccc(OC(=O)C=C)cc2Oc2cc(OC(=O)C=C)ccc21. The summed E-state index contributed by atoms with van der Waals surface area (Å²) in [6, 6.07) is 20.2. The first-order chi connectivity index (χ1) is 23.2. The maximum atomic E-state index is 12.0. The minimum absolute atomic E-state index is 0.227. The van der Waals surface area contributed by atoms with Crippen LogP contribution in [0.15, 0.2) is 123 Å². The predicted octanol–water partition coefficient (Wildman–Crippen LogP) is 7.23. The molecule has 0 saturated heterocycles. The maximum absolute atomic E-state index is 12.0. The van der Waals surface area contributed by atoms with Crippen LogP contribution in [-0.2, 0) is 19.2 Å². The molecule has 48 heavy (non-hydrogen) atoms. The molecular formula is C38H26O10. The summed E-state index contributed by atoms with van der Waals surface area (Å²) in [7, 11) is 0. The molecule has 4 aromatic carbocycles. The molecule has 0 N–H and O–H groups in total. The molecule has 4 aromatic rings. The van der Waals surface area contributed by atoms with Crippen LogP contribution < -0.4 is 28.4 Å². The van der Waals surface area contributed by atoms with E-state index in [9.17, 15) is 19.2 Å². The molecule has 2 heterocycles. The fraction of sp³-hybridized carbons (Fsp3) is 0.0526. The first kappa shape index (κ1) is 31.3. The van der Waals surface area contributed by atoms with Gasteiger partial charge in [0, 0.05) is 82.7 Å². The number of fused-ring (bicyclic) bond motifs is 4. The summed E-state index contributed by atoms with van der Waals surface area (Å²) in [5.41, 5.74) is 2.96. The highest BCUT2D eigenvalue weighted by atomic mass is 16.6. The zero-order chi connectivity index (χ0) is 33.9. The lowest BCUT2D eigenvalue weighted by atomic mass is 9.71. The van der Waals surface area contributed by atoms with Crippen LogP contribution in [0.25, 0.3) is 0 Å². The summed E-state index contributed by atoms with van der Waals surface area (Å²) >= 11 is 0. The molecule has 0 amide bonds. The van der Waals surface area contributed by atoms with Gasteiger partial charge in [0.05, 0.1) is 0 Å². The molecule has 0 atom stereocenters. The van der Waals surface area contributed by atoms with Gasteiger partial charge in [-0.15, -0.1) is 0 Å². The lowest BCUT2D eigenvalue weighted by Crippen LogP contribution is -2.22. The molecule has 0 aromatic heterocycles. The topological polar surface area (TPSA) is 124 Å². The van der Waals surface area contributed by atoms with Crippen molar-refractivity contribution in [2.75, 3.05) is 0 Å². The van der Waals surface area contributed by atoms with Gasteiger partial charge in [0.25, 0.3) is 0 Å². The van der Waals surface area contributed by atoms with Crippen molar-refractivity contribution in [3.05, 3.63) is 146 Å². The molecule has 0 bridgehead atoms. The molecule has 0 radical (unpaired) electrons. The molecule has 0 fully saturated rings. The Kier molecular flexibility index (Phi) is 8.46. The number of carbonyl (C=O) groups is 4. The van der Waals surface area contributed by atoms with Gasteiger partial charge in [-0.1, -0.05) is 50.6 Å². The molecule has 238 valence electrons. The lowest BCUT2D eigenvalue weighted by Gasteiger charge is -2.38. The van der Waals surface area contributed by atoms with Crippen LogP contribution in [0, 0.1) is 0 Å². The van der Waals surface area contributed by atoms with E-state index in [1.54, 1.807) is 72.8 Å². The van der Waals surface area contributed by atoms with Gasteiger partial charge in [-0.2, -0.15) is 0 Å². The largest absolute Gasteiger partial charge is 0.456 e. The van der Waals surface area contributed by atoms with E-state index in [0.29, 0.717) is 23.0 Å². The smallest absolute Gasteiger partial charge is 0.335 e. The Morgan fingerprint density at radius 3 is 0.875 bits per heavy atom. The second-order valence-electron chi connectivity index (χ2n) is 10.5. The van der Waals surface area contributed by atoms with Gasteiger partial charge in [0.2, 0.25) is 0 Å². The Bertz CT molecular complexity index is 1770.